The molecular weight excluding hydrogens is 212 g/mol. The third-order valence-corrected chi connectivity index (χ3v) is 5.84. The monoisotopic (exact) mass is 228 g/mol. The Morgan fingerprint density at radius 3 is 2.29 bits per heavy atom. The molecule has 0 bridgehead atoms. The van der Waals surface area contributed by atoms with Crippen LogP contribution < -0.4 is 0 Å². The Morgan fingerprint density at radius 1 is 1.21 bits per heavy atom. The van der Waals surface area contributed by atoms with Gasteiger partial charge in [0.2, 0.25) is 0 Å². The first kappa shape index (κ1) is 11.8. The van der Waals surface area contributed by atoms with Crippen LogP contribution in [0.15, 0.2) is 30.3 Å². The van der Waals surface area contributed by atoms with Crippen LogP contribution in [0, 0.1) is 0 Å². The first-order valence-electron chi connectivity index (χ1n) is 4.59. The second kappa shape index (κ2) is 4.99. The van der Waals surface area contributed by atoms with Gasteiger partial charge in [-0.15, -0.1) is 0 Å². The molecule has 0 aromatic heterocycles. The Hall–Kier alpha value is -0.280. The summed E-state index contributed by atoms with van der Waals surface area (Å²) in [5, 5.41) is 0. The molecule has 0 N–H and O–H groups in total. The molecular formula is C11H16OS2. The summed E-state index contributed by atoms with van der Waals surface area (Å²) in [4.78, 5) is 0. The highest BCUT2D eigenvalue weighted by Crippen LogP contribution is 2.25. The third kappa shape index (κ3) is 3.84. The highest BCUT2D eigenvalue weighted by molar-refractivity contribution is 8.69. The predicted molar refractivity (Wildman–Crippen MR) is 65.6 cm³/mol. The van der Waals surface area contributed by atoms with Crippen LogP contribution in [-0.2, 0) is 15.6 Å². The van der Waals surface area contributed by atoms with Gasteiger partial charge in [0.15, 0.2) is 0 Å². The van der Waals surface area contributed by atoms with Gasteiger partial charge in [0.25, 0.3) is 0 Å². The molecule has 0 radical (unpaired) electrons. The van der Waals surface area contributed by atoms with Crippen LogP contribution in [-0.4, -0.2) is 8.96 Å². The molecule has 0 aliphatic rings. The molecule has 1 rings (SSSR count). The van der Waals surface area contributed by atoms with Gasteiger partial charge in [-0.2, -0.15) is 0 Å². The molecule has 0 amide bonds. The van der Waals surface area contributed by atoms with Crippen molar-refractivity contribution >= 4 is 20.6 Å². The first-order chi connectivity index (χ1) is 6.50. The smallest absolute Gasteiger partial charge is 0.0861 e. The highest BCUT2D eigenvalue weighted by Gasteiger charge is 2.19. The van der Waals surface area contributed by atoms with E-state index < -0.39 is 9.83 Å². The predicted octanol–water partition coefficient (Wildman–Crippen LogP) is 3.38. The van der Waals surface area contributed by atoms with E-state index in [0.29, 0.717) is 0 Å². The van der Waals surface area contributed by atoms with Crippen LogP contribution in [0.1, 0.15) is 26.3 Å². The van der Waals surface area contributed by atoms with Gasteiger partial charge in [0, 0.05) is 10.5 Å². The van der Waals surface area contributed by atoms with Gasteiger partial charge >= 0.3 is 0 Å². The lowest BCUT2D eigenvalue weighted by atomic mass is 10.2. The van der Waals surface area contributed by atoms with Crippen molar-refractivity contribution in [2.24, 2.45) is 0 Å². The minimum Gasteiger partial charge on any atom is -0.247 e. The molecule has 0 saturated heterocycles. The second-order valence-corrected chi connectivity index (χ2v) is 7.93. The van der Waals surface area contributed by atoms with Crippen molar-refractivity contribution in [1.29, 1.82) is 0 Å². The van der Waals surface area contributed by atoms with E-state index in [4.69, 9.17) is 0 Å². The van der Waals surface area contributed by atoms with E-state index in [-0.39, 0.29) is 4.75 Å². The van der Waals surface area contributed by atoms with Gasteiger partial charge in [-0.3, -0.25) is 0 Å². The van der Waals surface area contributed by atoms with Gasteiger partial charge in [0.05, 0.1) is 9.83 Å². The molecule has 1 unspecified atom stereocenters. The van der Waals surface area contributed by atoms with Crippen molar-refractivity contribution < 1.29 is 4.21 Å². The zero-order chi connectivity index (χ0) is 10.6. The first-order valence-corrected chi connectivity index (χ1v) is 7.24. The molecule has 3 heteroatoms. The van der Waals surface area contributed by atoms with Crippen LogP contribution in [0.4, 0.5) is 0 Å². The Kier molecular flexibility index (Phi) is 4.20. The van der Waals surface area contributed by atoms with E-state index in [0.717, 1.165) is 5.75 Å². The molecule has 14 heavy (non-hydrogen) atoms. The van der Waals surface area contributed by atoms with Crippen LogP contribution in [0.25, 0.3) is 0 Å². The molecule has 0 saturated carbocycles. The third-order valence-electron chi connectivity index (χ3n) is 1.68. The Balaban J connectivity index is 2.46. The fourth-order valence-corrected chi connectivity index (χ4v) is 3.45. The molecule has 1 nitrogen and oxygen atoms in total. The maximum Gasteiger partial charge on any atom is 0.0861 e. The molecule has 1 atom stereocenters. The van der Waals surface area contributed by atoms with Crippen molar-refractivity contribution in [3.05, 3.63) is 35.9 Å². The largest absolute Gasteiger partial charge is 0.247 e. The number of hydrogen-bond donors (Lipinski definition) is 0. The normalized spacial score (nSPS) is 13.9. The summed E-state index contributed by atoms with van der Waals surface area (Å²) >= 11 is 0. The summed E-state index contributed by atoms with van der Waals surface area (Å²) < 4.78 is 11.6. The fourth-order valence-electron chi connectivity index (χ4n) is 0.873. The zero-order valence-electron chi connectivity index (χ0n) is 8.82. The van der Waals surface area contributed by atoms with E-state index in [1.54, 1.807) is 0 Å². The summed E-state index contributed by atoms with van der Waals surface area (Å²) in [6.45, 7) is 6.00. The van der Waals surface area contributed by atoms with E-state index in [2.05, 4.69) is 12.1 Å². The van der Waals surface area contributed by atoms with Crippen LogP contribution in [0.3, 0.4) is 0 Å². The van der Waals surface area contributed by atoms with E-state index in [1.165, 1.54) is 16.4 Å². The number of hydrogen-bond acceptors (Lipinski definition) is 2. The van der Waals surface area contributed by atoms with Gasteiger partial charge in [0.1, 0.15) is 0 Å². The number of benzene rings is 1. The molecule has 1 aromatic rings. The van der Waals surface area contributed by atoms with Crippen molar-refractivity contribution in [1.82, 2.24) is 0 Å². The Morgan fingerprint density at radius 2 is 1.79 bits per heavy atom. The summed E-state index contributed by atoms with van der Waals surface area (Å²) in [7, 11) is 0.688. The topological polar surface area (TPSA) is 17.1 Å². The second-order valence-electron chi connectivity index (χ2n) is 4.09. The molecule has 0 heterocycles. The van der Waals surface area contributed by atoms with Gasteiger partial charge in [-0.1, -0.05) is 41.1 Å². The highest BCUT2D eigenvalue weighted by atomic mass is 33.1. The van der Waals surface area contributed by atoms with Crippen molar-refractivity contribution in [3.63, 3.8) is 0 Å². The van der Waals surface area contributed by atoms with E-state index >= 15 is 0 Å². The van der Waals surface area contributed by atoms with Gasteiger partial charge in [-0.05, 0) is 26.3 Å². The van der Waals surface area contributed by atoms with Gasteiger partial charge in [-0.25, -0.2) is 4.21 Å². The summed E-state index contributed by atoms with van der Waals surface area (Å²) in [6.07, 6.45) is 0. The van der Waals surface area contributed by atoms with Crippen molar-refractivity contribution in [3.8, 4) is 0 Å². The SMILES string of the molecule is CC(C)(C)S(=O)SCc1ccccc1. The fraction of sp³-hybridized carbons (Fsp3) is 0.455. The summed E-state index contributed by atoms with van der Waals surface area (Å²) in [5.41, 5.74) is 1.23. The van der Waals surface area contributed by atoms with Crippen LogP contribution >= 0.6 is 10.8 Å². The average Bonchev–Trinajstić information content (AvgIpc) is 2.14. The lowest BCUT2D eigenvalue weighted by Crippen LogP contribution is -2.18. The van der Waals surface area contributed by atoms with Gasteiger partial charge < -0.3 is 0 Å². The van der Waals surface area contributed by atoms with Crippen LogP contribution in [0.5, 0.6) is 0 Å². The standard InChI is InChI=1S/C11H16OS2/c1-11(2,3)14(12)13-9-10-7-5-4-6-8-10/h4-8H,9H2,1-3H3. The molecule has 1 aromatic carbocycles. The van der Waals surface area contributed by atoms with E-state index in [9.17, 15) is 4.21 Å². The Labute approximate surface area is 92.2 Å². The minimum absolute atomic E-state index is 0.126. The maximum absolute atomic E-state index is 11.7. The molecule has 0 aliphatic carbocycles. The quantitative estimate of drug-likeness (QED) is 0.738. The number of rotatable bonds is 3. The Bertz CT molecular complexity index is 301. The van der Waals surface area contributed by atoms with Crippen LogP contribution in [0.2, 0.25) is 0 Å². The molecule has 0 fully saturated rings. The maximum atomic E-state index is 11.7. The molecule has 0 aliphatic heterocycles. The zero-order valence-corrected chi connectivity index (χ0v) is 10.5. The summed E-state index contributed by atoms with van der Waals surface area (Å²) in [5.74, 6) is 0.824. The van der Waals surface area contributed by atoms with Crippen molar-refractivity contribution in [2.45, 2.75) is 31.3 Å². The minimum atomic E-state index is -0.821. The molecule has 78 valence electrons. The lowest BCUT2D eigenvalue weighted by molar-refractivity contribution is 0.661. The van der Waals surface area contributed by atoms with E-state index in [1.807, 2.05) is 39.0 Å². The lowest BCUT2D eigenvalue weighted by Gasteiger charge is -2.16. The van der Waals surface area contributed by atoms with Crippen molar-refractivity contribution in [2.75, 3.05) is 0 Å². The molecule has 0 spiro atoms. The summed E-state index contributed by atoms with van der Waals surface area (Å²) in [6, 6.07) is 10.1. The average molecular weight is 228 g/mol.